The lowest BCUT2D eigenvalue weighted by molar-refractivity contribution is 0.153. The van der Waals surface area contributed by atoms with Gasteiger partial charge >= 0.3 is 0 Å². The van der Waals surface area contributed by atoms with E-state index in [1.54, 1.807) is 6.26 Å². The summed E-state index contributed by atoms with van der Waals surface area (Å²) in [7, 11) is 0. The van der Waals surface area contributed by atoms with E-state index < -0.39 is 0 Å². The van der Waals surface area contributed by atoms with Gasteiger partial charge in [0.2, 0.25) is 0 Å². The number of rotatable bonds is 4. The van der Waals surface area contributed by atoms with E-state index in [0.29, 0.717) is 0 Å². The smallest absolute Gasteiger partial charge is 0.171 e. The van der Waals surface area contributed by atoms with E-state index in [2.05, 4.69) is 22.6 Å². The van der Waals surface area contributed by atoms with Crippen LogP contribution in [0.4, 0.5) is 0 Å². The molecule has 2 aromatic rings. The Morgan fingerprint density at radius 3 is 2.71 bits per heavy atom. The van der Waals surface area contributed by atoms with Crippen LogP contribution in [0.2, 0.25) is 0 Å². The van der Waals surface area contributed by atoms with Gasteiger partial charge in [-0.2, -0.15) is 0 Å². The van der Waals surface area contributed by atoms with E-state index in [0.717, 1.165) is 15.1 Å². The van der Waals surface area contributed by atoms with E-state index in [1.807, 2.05) is 43.3 Å². The molecule has 1 aromatic heterocycles. The van der Waals surface area contributed by atoms with Gasteiger partial charge in [0, 0.05) is 9.61 Å². The molecule has 0 spiro atoms. The summed E-state index contributed by atoms with van der Waals surface area (Å²) in [5.74, 6) is 1.55. The lowest BCUT2D eigenvalue weighted by Gasteiger charge is -2.20. The molecule has 0 saturated heterocycles. The van der Waals surface area contributed by atoms with E-state index in [4.69, 9.17) is 14.9 Å². The highest BCUT2D eigenvalue weighted by atomic mass is 127. The van der Waals surface area contributed by atoms with Gasteiger partial charge in [-0.15, -0.1) is 0 Å². The molecule has 2 atom stereocenters. The van der Waals surface area contributed by atoms with Crippen LogP contribution < -0.4 is 10.5 Å². The molecule has 2 N–H and O–H groups in total. The first-order valence-corrected chi connectivity index (χ1v) is 6.46. The summed E-state index contributed by atoms with van der Waals surface area (Å²) in [6.07, 6.45) is 1.37. The largest absolute Gasteiger partial charge is 0.481 e. The van der Waals surface area contributed by atoms with Crippen molar-refractivity contribution in [1.29, 1.82) is 0 Å². The monoisotopic (exact) mass is 343 g/mol. The molecule has 4 heteroatoms. The highest BCUT2D eigenvalue weighted by Crippen LogP contribution is 2.25. The molecule has 2 rings (SSSR count). The molecular formula is C13H14INO2. The summed E-state index contributed by atoms with van der Waals surface area (Å²) >= 11 is 2.25. The molecular weight excluding hydrogens is 329 g/mol. The second-order valence-electron chi connectivity index (χ2n) is 3.87. The molecule has 0 saturated carbocycles. The van der Waals surface area contributed by atoms with Crippen molar-refractivity contribution in [3.05, 3.63) is 52.0 Å². The normalized spacial score (nSPS) is 14.3. The van der Waals surface area contributed by atoms with Gasteiger partial charge in [0.15, 0.2) is 6.10 Å². The first-order chi connectivity index (χ1) is 8.16. The van der Waals surface area contributed by atoms with Crippen molar-refractivity contribution < 1.29 is 9.15 Å². The fourth-order valence-corrected chi connectivity index (χ4v) is 2.08. The van der Waals surface area contributed by atoms with Crippen molar-refractivity contribution in [3.8, 4) is 5.75 Å². The van der Waals surface area contributed by atoms with E-state index >= 15 is 0 Å². The number of hydrogen-bond donors (Lipinski definition) is 1. The van der Waals surface area contributed by atoms with Crippen molar-refractivity contribution in [2.45, 2.75) is 19.1 Å². The maximum absolute atomic E-state index is 5.93. The fourth-order valence-electron chi connectivity index (χ4n) is 1.56. The van der Waals surface area contributed by atoms with Crippen LogP contribution in [0.1, 0.15) is 18.8 Å². The highest BCUT2D eigenvalue weighted by molar-refractivity contribution is 14.1. The number of ether oxygens (including phenoxy) is 1. The van der Waals surface area contributed by atoms with Crippen molar-refractivity contribution in [2.75, 3.05) is 0 Å². The number of furan rings is 1. The molecule has 0 aliphatic heterocycles. The van der Waals surface area contributed by atoms with Crippen LogP contribution in [-0.4, -0.2) is 6.04 Å². The van der Waals surface area contributed by atoms with Crippen LogP contribution >= 0.6 is 22.6 Å². The Morgan fingerprint density at radius 1 is 1.29 bits per heavy atom. The molecule has 0 aliphatic rings. The average molecular weight is 343 g/mol. The van der Waals surface area contributed by atoms with Crippen LogP contribution in [0.25, 0.3) is 0 Å². The molecule has 0 aliphatic carbocycles. The Labute approximate surface area is 114 Å². The number of nitrogens with two attached hydrogens (primary N) is 1. The average Bonchev–Trinajstić information content (AvgIpc) is 2.78. The summed E-state index contributed by atoms with van der Waals surface area (Å²) < 4.78 is 12.4. The molecule has 0 bridgehead atoms. The number of hydrogen-bond acceptors (Lipinski definition) is 3. The van der Waals surface area contributed by atoms with Gasteiger partial charge < -0.3 is 14.9 Å². The van der Waals surface area contributed by atoms with Gasteiger partial charge in [-0.25, -0.2) is 0 Å². The Kier molecular flexibility index (Phi) is 4.06. The van der Waals surface area contributed by atoms with E-state index in [1.165, 1.54) is 0 Å². The van der Waals surface area contributed by atoms with Crippen molar-refractivity contribution in [3.63, 3.8) is 0 Å². The summed E-state index contributed by atoms with van der Waals surface area (Å²) in [5.41, 5.74) is 5.93. The lowest BCUT2D eigenvalue weighted by Crippen LogP contribution is -2.28. The summed E-state index contributed by atoms with van der Waals surface area (Å²) in [4.78, 5) is 0. The van der Waals surface area contributed by atoms with Gasteiger partial charge in [-0.05, 0) is 59.8 Å². The fraction of sp³-hybridized carbons (Fsp3) is 0.231. The SMILES string of the molecule is CC(N)C(Oc1cccc(I)c1)c1ccco1. The van der Waals surface area contributed by atoms with Crippen molar-refractivity contribution >= 4 is 22.6 Å². The lowest BCUT2D eigenvalue weighted by atomic mass is 10.1. The molecule has 90 valence electrons. The standard InChI is InChI=1S/C13H14INO2/c1-9(15)13(12-6-3-7-16-12)17-11-5-2-4-10(14)8-11/h2-9,13H,15H2,1H3. The van der Waals surface area contributed by atoms with Gasteiger partial charge in [0.25, 0.3) is 0 Å². The maximum atomic E-state index is 5.93. The maximum Gasteiger partial charge on any atom is 0.171 e. The summed E-state index contributed by atoms with van der Waals surface area (Å²) in [5, 5.41) is 0. The predicted molar refractivity (Wildman–Crippen MR) is 74.9 cm³/mol. The summed E-state index contributed by atoms with van der Waals surface area (Å²) in [6.45, 7) is 1.90. The molecule has 17 heavy (non-hydrogen) atoms. The zero-order valence-electron chi connectivity index (χ0n) is 9.47. The first-order valence-electron chi connectivity index (χ1n) is 5.38. The van der Waals surface area contributed by atoms with Crippen LogP contribution in [0.15, 0.2) is 47.1 Å². The molecule has 0 radical (unpaired) electrons. The Balaban J connectivity index is 2.19. The first kappa shape index (κ1) is 12.4. The molecule has 0 amide bonds. The highest BCUT2D eigenvalue weighted by Gasteiger charge is 2.20. The zero-order chi connectivity index (χ0) is 12.3. The quantitative estimate of drug-likeness (QED) is 0.866. The molecule has 3 nitrogen and oxygen atoms in total. The minimum Gasteiger partial charge on any atom is -0.481 e. The Morgan fingerprint density at radius 2 is 2.12 bits per heavy atom. The topological polar surface area (TPSA) is 48.4 Å². The van der Waals surface area contributed by atoms with Gasteiger partial charge in [0.1, 0.15) is 11.5 Å². The third kappa shape index (κ3) is 3.23. The third-order valence-electron chi connectivity index (χ3n) is 2.36. The number of benzene rings is 1. The number of halogens is 1. The second kappa shape index (κ2) is 5.55. The third-order valence-corrected chi connectivity index (χ3v) is 3.03. The minimum absolute atomic E-state index is 0.140. The van der Waals surface area contributed by atoms with E-state index in [9.17, 15) is 0 Å². The Bertz CT molecular complexity index is 468. The summed E-state index contributed by atoms with van der Waals surface area (Å²) in [6, 6.07) is 11.4. The second-order valence-corrected chi connectivity index (χ2v) is 5.12. The Hall–Kier alpha value is -1.01. The van der Waals surface area contributed by atoms with E-state index in [-0.39, 0.29) is 12.1 Å². The van der Waals surface area contributed by atoms with Crippen molar-refractivity contribution in [2.24, 2.45) is 5.73 Å². The van der Waals surface area contributed by atoms with Crippen LogP contribution in [0.5, 0.6) is 5.75 Å². The molecule has 1 heterocycles. The zero-order valence-corrected chi connectivity index (χ0v) is 11.6. The molecule has 0 fully saturated rings. The van der Waals surface area contributed by atoms with Gasteiger partial charge in [-0.3, -0.25) is 0 Å². The van der Waals surface area contributed by atoms with Crippen LogP contribution in [0.3, 0.4) is 0 Å². The van der Waals surface area contributed by atoms with Gasteiger partial charge in [-0.1, -0.05) is 6.07 Å². The predicted octanol–water partition coefficient (Wildman–Crippen LogP) is 3.35. The molecule has 1 aromatic carbocycles. The van der Waals surface area contributed by atoms with Crippen molar-refractivity contribution in [1.82, 2.24) is 0 Å². The van der Waals surface area contributed by atoms with Crippen LogP contribution in [0, 0.1) is 3.57 Å². The molecule has 2 unspecified atom stereocenters. The van der Waals surface area contributed by atoms with Crippen LogP contribution in [-0.2, 0) is 0 Å². The minimum atomic E-state index is -0.261. The van der Waals surface area contributed by atoms with Gasteiger partial charge in [0.05, 0.1) is 6.26 Å².